The molecule has 13 heavy (non-hydrogen) atoms. The lowest BCUT2D eigenvalue weighted by atomic mass is 10.0. The molecule has 0 spiro atoms. The molecule has 0 saturated heterocycles. The summed E-state index contributed by atoms with van der Waals surface area (Å²) < 4.78 is 0.764. The number of carbonyl (C=O) groups excluding carboxylic acids is 1. The number of halogens is 1. The molecule has 1 rings (SSSR count). The first kappa shape index (κ1) is 9.94. The van der Waals surface area contributed by atoms with E-state index < -0.39 is 0 Å². The van der Waals surface area contributed by atoms with Crippen molar-refractivity contribution in [2.45, 2.75) is 13.8 Å². The van der Waals surface area contributed by atoms with Crippen LogP contribution in [0.5, 0.6) is 0 Å². The Morgan fingerprint density at radius 1 is 1.54 bits per heavy atom. The Morgan fingerprint density at radius 3 is 2.62 bits per heavy atom. The molecule has 0 aliphatic heterocycles. The van der Waals surface area contributed by atoms with E-state index in [0.717, 1.165) is 10.0 Å². The van der Waals surface area contributed by atoms with Crippen molar-refractivity contribution in [3.8, 4) is 6.07 Å². The molecule has 3 heteroatoms. The lowest BCUT2D eigenvalue weighted by Crippen LogP contribution is -1.95. The minimum absolute atomic E-state index is 0.0212. The largest absolute Gasteiger partial charge is 0.295 e. The van der Waals surface area contributed by atoms with Gasteiger partial charge in [-0.2, -0.15) is 5.26 Å². The number of aryl methyl sites for hydroxylation is 1. The molecule has 2 nitrogen and oxygen atoms in total. The van der Waals surface area contributed by atoms with Crippen LogP contribution in [0.15, 0.2) is 16.6 Å². The van der Waals surface area contributed by atoms with Crippen LogP contribution in [0.4, 0.5) is 0 Å². The van der Waals surface area contributed by atoms with Gasteiger partial charge in [-0.15, -0.1) is 0 Å². The van der Waals surface area contributed by atoms with Gasteiger partial charge in [0.1, 0.15) is 6.07 Å². The summed E-state index contributed by atoms with van der Waals surface area (Å²) in [6.07, 6.45) is 0. The summed E-state index contributed by atoms with van der Waals surface area (Å²) in [4.78, 5) is 11.1. The molecular weight excluding hydrogens is 230 g/mol. The highest BCUT2D eigenvalue weighted by molar-refractivity contribution is 9.10. The fourth-order valence-electron chi connectivity index (χ4n) is 1.05. The summed E-state index contributed by atoms with van der Waals surface area (Å²) in [5.41, 5.74) is 1.99. The molecule has 0 N–H and O–H groups in total. The van der Waals surface area contributed by atoms with Crippen LogP contribution < -0.4 is 0 Å². The zero-order valence-corrected chi connectivity index (χ0v) is 8.97. The van der Waals surface area contributed by atoms with Crippen molar-refractivity contribution in [1.29, 1.82) is 5.26 Å². The van der Waals surface area contributed by atoms with Gasteiger partial charge >= 0.3 is 0 Å². The van der Waals surface area contributed by atoms with Gasteiger partial charge in [0, 0.05) is 10.0 Å². The second-order valence-electron chi connectivity index (χ2n) is 2.82. The summed E-state index contributed by atoms with van der Waals surface area (Å²) in [7, 11) is 0. The van der Waals surface area contributed by atoms with Gasteiger partial charge in [-0.05, 0) is 47.5 Å². The zero-order chi connectivity index (χ0) is 10.0. The molecule has 0 fully saturated rings. The summed E-state index contributed by atoms with van der Waals surface area (Å²) in [6.45, 7) is 3.35. The zero-order valence-electron chi connectivity index (χ0n) is 7.39. The van der Waals surface area contributed by atoms with E-state index in [4.69, 9.17) is 5.26 Å². The highest BCUT2D eigenvalue weighted by Crippen LogP contribution is 2.22. The van der Waals surface area contributed by atoms with Crippen molar-refractivity contribution in [2.75, 3.05) is 0 Å². The van der Waals surface area contributed by atoms with Gasteiger partial charge in [-0.25, -0.2) is 0 Å². The van der Waals surface area contributed by atoms with Crippen LogP contribution in [0, 0.1) is 18.3 Å². The van der Waals surface area contributed by atoms with Crippen molar-refractivity contribution in [1.82, 2.24) is 0 Å². The Balaban J connectivity index is 3.41. The predicted molar refractivity (Wildman–Crippen MR) is 53.6 cm³/mol. The van der Waals surface area contributed by atoms with Crippen LogP contribution >= 0.6 is 15.9 Å². The summed E-state index contributed by atoms with van der Waals surface area (Å²) in [5.74, 6) is -0.0212. The lowest BCUT2D eigenvalue weighted by Gasteiger charge is -2.02. The second kappa shape index (κ2) is 3.71. The third kappa shape index (κ3) is 1.96. The first-order valence-electron chi connectivity index (χ1n) is 3.77. The molecule has 0 aromatic heterocycles. The van der Waals surface area contributed by atoms with Crippen molar-refractivity contribution in [3.05, 3.63) is 33.3 Å². The minimum Gasteiger partial charge on any atom is -0.295 e. The van der Waals surface area contributed by atoms with Gasteiger partial charge in [0.15, 0.2) is 5.78 Å². The number of nitrogens with zero attached hydrogens (tertiary/aromatic N) is 1. The number of carbonyl (C=O) groups is 1. The topological polar surface area (TPSA) is 40.9 Å². The molecule has 0 radical (unpaired) electrons. The lowest BCUT2D eigenvalue weighted by molar-refractivity contribution is 0.101. The van der Waals surface area contributed by atoms with E-state index in [2.05, 4.69) is 15.9 Å². The van der Waals surface area contributed by atoms with Crippen LogP contribution in [0.3, 0.4) is 0 Å². The number of rotatable bonds is 1. The van der Waals surface area contributed by atoms with E-state index in [0.29, 0.717) is 11.1 Å². The van der Waals surface area contributed by atoms with Gasteiger partial charge in [0.25, 0.3) is 0 Å². The van der Waals surface area contributed by atoms with Crippen LogP contribution in [-0.2, 0) is 0 Å². The Labute approximate surface area is 85.3 Å². The monoisotopic (exact) mass is 237 g/mol. The minimum atomic E-state index is -0.0212. The third-order valence-electron chi connectivity index (χ3n) is 1.78. The van der Waals surface area contributed by atoms with Gasteiger partial charge in [0.05, 0.1) is 5.56 Å². The third-order valence-corrected chi connectivity index (χ3v) is 2.83. The van der Waals surface area contributed by atoms with Crippen LogP contribution in [0.2, 0.25) is 0 Å². The first-order chi connectivity index (χ1) is 6.06. The summed E-state index contributed by atoms with van der Waals surface area (Å²) in [6, 6.07) is 5.40. The van der Waals surface area contributed by atoms with Crippen molar-refractivity contribution >= 4 is 21.7 Å². The van der Waals surface area contributed by atoms with Gasteiger partial charge in [-0.1, -0.05) is 0 Å². The fraction of sp³-hybridized carbons (Fsp3) is 0.200. The molecule has 0 aliphatic carbocycles. The standard InChI is InChI=1S/C10H8BrNO/c1-6-3-8(7(2)13)4-9(5-12)10(6)11/h3-4H,1-2H3. The Bertz CT molecular complexity index is 404. The van der Waals surface area contributed by atoms with Gasteiger partial charge in [0.2, 0.25) is 0 Å². The normalized spacial score (nSPS) is 9.38. The molecular formula is C10H8BrNO. The van der Waals surface area contributed by atoms with Crippen LogP contribution in [-0.4, -0.2) is 5.78 Å². The number of ketones is 1. The SMILES string of the molecule is CC(=O)c1cc(C)c(Br)c(C#N)c1. The van der Waals surface area contributed by atoms with E-state index >= 15 is 0 Å². The first-order valence-corrected chi connectivity index (χ1v) is 4.56. The Hall–Kier alpha value is -1.14. The van der Waals surface area contributed by atoms with E-state index in [1.165, 1.54) is 6.92 Å². The Kier molecular flexibility index (Phi) is 2.84. The average Bonchev–Trinajstić information content (AvgIpc) is 2.09. The molecule has 0 bridgehead atoms. The quantitative estimate of drug-likeness (QED) is 0.706. The van der Waals surface area contributed by atoms with E-state index in [9.17, 15) is 4.79 Å². The van der Waals surface area contributed by atoms with Crippen molar-refractivity contribution in [2.24, 2.45) is 0 Å². The molecule has 1 aromatic rings. The van der Waals surface area contributed by atoms with Crippen molar-refractivity contribution in [3.63, 3.8) is 0 Å². The van der Waals surface area contributed by atoms with Crippen LogP contribution in [0.1, 0.15) is 28.4 Å². The predicted octanol–water partition coefficient (Wildman–Crippen LogP) is 2.83. The summed E-state index contributed by atoms with van der Waals surface area (Å²) >= 11 is 3.29. The number of hydrogen-bond donors (Lipinski definition) is 0. The number of hydrogen-bond acceptors (Lipinski definition) is 2. The highest BCUT2D eigenvalue weighted by atomic mass is 79.9. The molecule has 0 aliphatic rings. The smallest absolute Gasteiger partial charge is 0.159 e. The van der Waals surface area contributed by atoms with Gasteiger partial charge < -0.3 is 0 Å². The Morgan fingerprint density at radius 2 is 2.15 bits per heavy atom. The maximum atomic E-state index is 11.1. The van der Waals surface area contributed by atoms with E-state index in [-0.39, 0.29) is 5.78 Å². The maximum Gasteiger partial charge on any atom is 0.159 e. The molecule has 0 unspecified atom stereocenters. The molecule has 0 heterocycles. The van der Waals surface area contributed by atoms with Crippen molar-refractivity contribution < 1.29 is 4.79 Å². The molecule has 66 valence electrons. The van der Waals surface area contributed by atoms with E-state index in [1.54, 1.807) is 12.1 Å². The fourth-order valence-corrected chi connectivity index (χ4v) is 1.37. The molecule has 0 atom stereocenters. The number of benzene rings is 1. The second-order valence-corrected chi connectivity index (χ2v) is 3.62. The van der Waals surface area contributed by atoms with Crippen LogP contribution in [0.25, 0.3) is 0 Å². The number of nitriles is 1. The molecule has 0 amide bonds. The molecule has 0 saturated carbocycles. The number of Topliss-reactive ketones (excluding diaryl/α,β-unsaturated/α-hetero) is 1. The van der Waals surface area contributed by atoms with E-state index in [1.807, 2.05) is 13.0 Å². The summed E-state index contributed by atoms with van der Waals surface area (Å²) in [5, 5.41) is 8.76. The average molecular weight is 238 g/mol. The van der Waals surface area contributed by atoms with Gasteiger partial charge in [-0.3, -0.25) is 4.79 Å². The molecule has 1 aromatic carbocycles. The maximum absolute atomic E-state index is 11.1. The highest BCUT2D eigenvalue weighted by Gasteiger charge is 2.07.